The van der Waals surface area contributed by atoms with Crippen LogP contribution in [0.4, 0.5) is 0 Å². The van der Waals surface area contributed by atoms with Crippen molar-refractivity contribution in [3.63, 3.8) is 0 Å². The fourth-order valence-corrected chi connectivity index (χ4v) is 1.24. The van der Waals surface area contributed by atoms with Crippen LogP contribution in [0.3, 0.4) is 0 Å². The second-order valence-electron chi connectivity index (χ2n) is 3.25. The minimum Gasteiger partial charge on any atom is -0.382 e. The molecule has 0 aliphatic heterocycles. The third-order valence-corrected chi connectivity index (χ3v) is 1.93. The van der Waals surface area contributed by atoms with Gasteiger partial charge in [0.25, 0.3) is 0 Å². The lowest BCUT2D eigenvalue weighted by molar-refractivity contribution is 0.144. The Kier molecular flexibility index (Phi) is 8.37. The topological polar surface area (TPSA) is 39.1 Å². The first-order chi connectivity index (χ1) is 6.83. The minimum absolute atomic E-state index is 0. The molecule has 88 valence electrons. The smallest absolute Gasteiger partial charge is 0.0534 e. The molecule has 1 rings (SSSR count). The van der Waals surface area contributed by atoms with E-state index in [9.17, 15) is 0 Å². The quantitative estimate of drug-likeness (QED) is 0.723. The van der Waals surface area contributed by atoms with Crippen LogP contribution in [0.25, 0.3) is 0 Å². The van der Waals surface area contributed by atoms with E-state index in [-0.39, 0.29) is 12.4 Å². The zero-order valence-corrected chi connectivity index (χ0v) is 10.2. The van der Waals surface area contributed by atoms with Gasteiger partial charge in [-0.3, -0.25) is 4.68 Å². The molecule has 0 bridgehead atoms. The van der Waals surface area contributed by atoms with Crippen LogP contribution in [0.1, 0.15) is 18.9 Å². The predicted molar refractivity (Wildman–Crippen MR) is 63.3 cm³/mol. The fourth-order valence-electron chi connectivity index (χ4n) is 1.24. The summed E-state index contributed by atoms with van der Waals surface area (Å²) in [5.41, 5.74) is 1.23. The summed E-state index contributed by atoms with van der Waals surface area (Å²) in [6.07, 6.45) is 4.97. The zero-order valence-electron chi connectivity index (χ0n) is 9.40. The highest BCUT2D eigenvalue weighted by atomic mass is 35.5. The number of aryl methyl sites for hydroxylation is 1. The summed E-state index contributed by atoms with van der Waals surface area (Å²) in [5.74, 6) is 0. The molecule has 0 aliphatic carbocycles. The first-order valence-corrected chi connectivity index (χ1v) is 5.09. The van der Waals surface area contributed by atoms with Gasteiger partial charge in [-0.05, 0) is 19.9 Å². The summed E-state index contributed by atoms with van der Waals surface area (Å²) >= 11 is 0. The lowest BCUT2D eigenvalue weighted by atomic mass is 10.3. The number of ether oxygens (including phenoxy) is 1. The maximum absolute atomic E-state index is 5.23. The molecule has 0 atom stereocenters. The summed E-state index contributed by atoms with van der Waals surface area (Å²) in [5, 5.41) is 7.44. The Bertz CT molecular complexity index is 253. The van der Waals surface area contributed by atoms with E-state index in [1.165, 1.54) is 5.56 Å². The van der Waals surface area contributed by atoms with Crippen molar-refractivity contribution in [1.29, 1.82) is 0 Å². The largest absolute Gasteiger partial charge is 0.382 e. The Hall–Kier alpha value is -0.580. The number of aromatic nitrogens is 2. The molecule has 15 heavy (non-hydrogen) atoms. The molecular weight excluding hydrogens is 214 g/mol. The van der Waals surface area contributed by atoms with E-state index in [0.717, 1.165) is 32.7 Å². The van der Waals surface area contributed by atoms with E-state index in [4.69, 9.17) is 4.74 Å². The van der Waals surface area contributed by atoms with Crippen LogP contribution in [-0.2, 0) is 18.3 Å². The molecule has 0 unspecified atom stereocenters. The number of nitrogens with zero attached hydrogens (tertiary/aromatic N) is 2. The highest BCUT2D eigenvalue weighted by molar-refractivity contribution is 5.85. The molecule has 0 radical (unpaired) electrons. The van der Waals surface area contributed by atoms with Crippen LogP contribution >= 0.6 is 12.4 Å². The standard InChI is InChI=1S/C10H19N3O.ClH/c1-3-14-6-4-5-11-7-10-8-12-13(2)9-10;/h8-9,11H,3-7H2,1-2H3;1H. The van der Waals surface area contributed by atoms with Gasteiger partial charge in [-0.2, -0.15) is 5.10 Å². The lowest BCUT2D eigenvalue weighted by Crippen LogP contribution is -2.16. The van der Waals surface area contributed by atoms with Crippen LogP contribution in [0.2, 0.25) is 0 Å². The van der Waals surface area contributed by atoms with Crippen LogP contribution in [0.15, 0.2) is 12.4 Å². The molecular formula is C10H20ClN3O. The summed E-state index contributed by atoms with van der Waals surface area (Å²) in [6, 6.07) is 0. The van der Waals surface area contributed by atoms with Crippen molar-refractivity contribution >= 4 is 12.4 Å². The Morgan fingerprint density at radius 2 is 2.33 bits per heavy atom. The Labute approximate surface area is 97.4 Å². The molecule has 1 heterocycles. The summed E-state index contributed by atoms with van der Waals surface area (Å²) in [4.78, 5) is 0. The van der Waals surface area contributed by atoms with Gasteiger partial charge in [0.1, 0.15) is 0 Å². The number of rotatable bonds is 7. The second kappa shape index (κ2) is 8.71. The fraction of sp³-hybridized carbons (Fsp3) is 0.700. The Balaban J connectivity index is 0.00000196. The number of hydrogen-bond donors (Lipinski definition) is 1. The van der Waals surface area contributed by atoms with Gasteiger partial charge in [-0.1, -0.05) is 0 Å². The van der Waals surface area contributed by atoms with Crippen LogP contribution in [0.5, 0.6) is 0 Å². The molecule has 1 aromatic heterocycles. The molecule has 5 heteroatoms. The summed E-state index contributed by atoms with van der Waals surface area (Å²) in [7, 11) is 1.93. The first-order valence-electron chi connectivity index (χ1n) is 5.09. The normalized spacial score (nSPS) is 10.0. The van der Waals surface area contributed by atoms with Crippen molar-refractivity contribution in [2.75, 3.05) is 19.8 Å². The highest BCUT2D eigenvalue weighted by Gasteiger charge is 1.94. The molecule has 0 fully saturated rings. The minimum atomic E-state index is 0. The van der Waals surface area contributed by atoms with Crippen molar-refractivity contribution in [1.82, 2.24) is 15.1 Å². The maximum Gasteiger partial charge on any atom is 0.0534 e. The SMILES string of the molecule is CCOCCCNCc1cnn(C)c1.Cl. The van der Waals surface area contributed by atoms with Crippen molar-refractivity contribution in [3.05, 3.63) is 18.0 Å². The van der Waals surface area contributed by atoms with Crippen LogP contribution < -0.4 is 5.32 Å². The van der Waals surface area contributed by atoms with Crippen molar-refractivity contribution < 1.29 is 4.74 Å². The number of halogens is 1. The lowest BCUT2D eigenvalue weighted by Gasteiger charge is -2.02. The van der Waals surface area contributed by atoms with E-state index in [1.54, 1.807) is 0 Å². The highest BCUT2D eigenvalue weighted by Crippen LogP contribution is 1.94. The monoisotopic (exact) mass is 233 g/mol. The molecule has 0 saturated carbocycles. The zero-order chi connectivity index (χ0) is 10.2. The molecule has 1 aromatic rings. The average Bonchev–Trinajstić information content (AvgIpc) is 2.58. The molecule has 0 spiro atoms. The van der Waals surface area contributed by atoms with Crippen LogP contribution in [0, 0.1) is 0 Å². The van der Waals surface area contributed by atoms with Gasteiger partial charge in [-0.25, -0.2) is 0 Å². The van der Waals surface area contributed by atoms with Gasteiger partial charge in [-0.15, -0.1) is 12.4 Å². The van der Waals surface area contributed by atoms with Gasteiger partial charge >= 0.3 is 0 Å². The molecule has 4 nitrogen and oxygen atoms in total. The molecule has 1 N–H and O–H groups in total. The Morgan fingerprint density at radius 1 is 1.53 bits per heavy atom. The number of hydrogen-bond acceptors (Lipinski definition) is 3. The van der Waals surface area contributed by atoms with E-state index >= 15 is 0 Å². The molecule has 0 saturated heterocycles. The van der Waals surface area contributed by atoms with Crippen molar-refractivity contribution in [3.8, 4) is 0 Å². The van der Waals surface area contributed by atoms with E-state index in [1.807, 2.05) is 31.0 Å². The predicted octanol–water partition coefficient (Wildman–Crippen LogP) is 1.36. The molecule has 0 aliphatic rings. The third kappa shape index (κ3) is 6.49. The van der Waals surface area contributed by atoms with Crippen LogP contribution in [-0.4, -0.2) is 29.5 Å². The maximum atomic E-state index is 5.23. The Morgan fingerprint density at radius 3 is 2.93 bits per heavy atom. The molecule has 0 amide bonds. The van der Waals surface area contributed by atoms with E-state index in [0.29, 0.717) is 0 Å². The van der Waals surface area contributed by atoms with Gasteiger partial charge in [0.05, 0.1) is 6.20 Å². The van der Waals surface area contributed by atoms with Gasteiger partial charge in [0.2, 0.25) is 0 Å². The van der Waals surface area contributed by atoms with Gasteiger partial charge in [0, 0.05) is 38.6 Å². The van der Waals surface area contributed by atoms with E-state index < -0.39 is 0 Å². The summed E-state index contributed by atoms with van der Waals surface area (Å²) in [6.45, 7) is 5.55. The second-order valence-corrected chi connectivity index (χ2v) is 3.25. The van der Waals surface area contributed by atoms with Gasteiger partial charge in [0.15, 0.2) is 0 Å². The average molecular weight is 234 g/mol. The van der Waals surface area contributed by atoms with E-state index in [2.05, 4.69) is 10.4 Å². The summed E-state index contributed by atoms with van der Waals surface area (Å²) < 4.78 is 7.05. The third-order valence-electron chi connectivity index (χ3n) is 1.93. The van der Waals surface area contributed by atoms with Crippen molar-refractivity contribution in [2.24, 2.45) is 7.05 Å². The molecule has 0 aromatic carbocycles. The van der Waals surface area contributed by atoms with Crippen molar-refractivity contribution in [2.45, 2.75) is 19.9 Å². The first kappa shape index (κ1) is 14.4. The number of nitrogens with one attached hydrogen (secondary N) is 1. The van der Waals surface area contributed by atoms with Gasteiger partial charge < -0.3 is 10.1 Å².